The summed E-state index contributed by atoms with van der Waals surface area (Å²) in [4.78, 5) is 22.2. The average Bonchev–Trinajstić information content (AvgIpc) is 3.18. The number of hydrogen-bond acceptors (Lipinski definition) is 4. The van der Waals surface area contributed by atoms with Crippen molar-refractivity contribution in [2.75, 3.05) is 13.1 Å². The molecule has 0 unspecified atom stereocenters. The first-order valence-electron chi connectivity index (χ1n) is 10.8. The number of benzene rings is 2. The maximum atomic E-state index is 12.9. The Balaban J connectivity index is 1.75. The zero-order valence-electron chi connectivity index (χ0n) is 18.9. The van der Waals surface area contributed by atoms with Crippen LogP contribution in [0.25, 0.3) is 11.1 Å². The summed E-state index contributed by atoms with van der Waals surface area (Å²) in [6.45, 7) is 6.99. The number of halogens is 1. The van der Waals surface area contributed by atoms with Gasteiger partial charge in [0.05, 0.1) is 0 Å². The van der Waals surface area contributed by atoms with E-state index in [2.05, 4.69) is 9.97 Å². The predicted octanol–water partition coefficient (Wildman–Crippen LogP) is 5.21. The van der Waals surface area contributed by atoms with Crippen molar-refractivity contribution in [3.8, 4) is 11.1 Å². The molecule has 0 spiro atoms. The molecule has 0 radical (unpaired) electrons. The summed E-state index contributed by atoms with van der Waals surface area (Å²) in [5.41, 5.74) is 8.97. The largest absolute Gasteiger partial charge is 0.444 e. The number of imidazole rings is 1. The number of carbonyl (C=O) groups is 1. The van der Waals surface area contributed by atoms with Crippen LogP contribution in [0.4, 0.5) is 4.79 Å². The molecular formula is C25H31ClN4O2. The van der Waals surface area contributed by atoms with E-state index >= 15 is 0 Å². The number of aromatic nitrogens is 2. The Morgan fingerprint density at radius 2 is 1.91 bits per heavy atom. The topological polar surface area (TPSA) is 84.2 Å². The van der Waals surface area contributed by atoms with Gasteiger partial charge in [0.15, 0.2) is 0 Å². The highest BCUT2D eigenvalue weighted by molar-refractivity contribution is 6.33. The summed E-state index contributed by atoms with van der Waals surface area (Å²) in [6, 6.07) is 15.9. The Hall–Kier alpha value is -2.83. The normalized spacial score (nSPS) is 11.4. The molecule has 0 aliphatic heterocycles. The number of aromatic amines is 1. The van der Waals surface area contributed by atoms with Gasteiger partial charge in [-0.05, 0) is 44.5 Å². The lowest BCUT2D eigenvalue weighted by Crippen LogP contribution is -2.37. The number of nitrogens with two attached hydrogens (primary N) is 1. The van der Waals surface area contributed by atoms with E-state index in [9.17, 15) is 4.79 Å². The zero-order valence-corrected chi connectivity index (χ0v) is 19.7. The minimum absolute atomic E-state index is 0.366. The van der Waals surface area contributed by atoms with Gasteiger partial charge in [-0.1, -0.05) is 54.1 Å². The van der Waals surface area contributed by atoms with Crippen LogP contribution in [-0.4, -0.2) is 39.7 Å². The van der Waals surface area contributed by atoms with E-state index in [0.29, 0.717) is 31.1 Å². The van der Waals surface area contributed by atoms with Gasteiger partial charge in [-0.15, -0.1) is 0 Å². The van der Waals surface area contributed by atoms with E-state index in [0.717, 1.165) is 34.6 Å². The molecule has 1 amide bonds. The third kappa shape index (κ3) is 6.84. The monoisotopic (exact) mass is 454 g/mol. The lowest BCUT2D eigenvalue weighted by atomic mass is 10.0. The molecule has 7 heteroatoms. The maximum Gasteiger partial charge on any atom is 0.410 e. The molecule has 32 heavy (non-hydrogen) atoms. The molecule has 3 rings (SSSR count). The molecule has 0 saturated heterocycles. The van der Waals surface area contributed by atoms with Crippen LogP contribution < -0.4 is 5.73 Å². The molecule has 0 saturated carbocycles. The van der Waals surface area contributed by atoms with Crippen molar-refractivity contribution < 1.29 is 9.53 Å². The SMILES string of the molecule is CC(C)(C)OC(=O)N(CCc1ncc(CCN)[nH]1)Cc1ccc(-c2ccccc2)c(Cl)c1. The molecule has 3 N–H and O–H groups in total. The van der Waals surface area contributed by atoms with Crippen LogP contribution in [0.15, 0.2) is 54.7 Å². The zero-order chi connectivity index (χ0) is 23.1. The number of nitrogens with one attached hydrogen (secondary N) is 1. The summed E-state index contributed by atoms with van der Waals surface area (Å²) in [5.74, 6) is 0.819. The van der Waals surface area contributed by atoms with E-state index in [1.54, 1.807) is 11.1 Å². The van der Waals surface area contributed by atoms with Gasteiger partial charge in [0, 0.05) is 48.4 Å². The average molecular weight is 455 g/mol. The Bertz CT molecular complexity index is 1030. The molecule has 3 aromatic rings. The minimum Gasteiger partial charge on any atom is -0.444 e. The molecule has 0 fully saturated rings. The van der Waals surface area contributed by atoms with Crippen molar-refractivity contribution in [2.24, 2.45) is 5.73 Å². The molecule has 1 aromatic heterocycles. The number of nitrogens with zero attached hydrogens (tertiary/aromatic N) is 2. The molecule has 6 nitrogen and oxygen atoms in total. The molecule has 0 aliphatic carbocycles. The molecule has 0 atom stereocenters. The fourth-order valence-electron chi connectivity index (χ4n) is 3.35. The van der Waals surface area contributed by atoms with Crippen LogP contribution >= 0.6 is 11.6 Å². The maximum absolute atomic E-state index is 12.9. The van der Waals surface area contributed by atoms with Crippen LogP contribution in [0.1, 0.15) is 37.9 Å². The second kappa shape index (κ2) is 10.7. The summed E-state index contributed by atoms with van der Waals surface area (Å²) < 4.78 is 5.63. The molecule has 1 heterocycles. The van der Waals surface area contributed by atoms with Crippen molar-refractivity contribution in [3.63, 3.8) is 0 Å². The Kier molecular flexibility index (Phi) is 7.94. The van der Waals surface area contributed by atoms with E-state index in [-0.39, 0.29) is 6.09 Å². The van der Waals surface area contributed by atoms with Crippen molar-refractivity contribution in [1.82, 2.24) is 14.9 Å². The highest BCUT2D eigenvalue weighted by Gasteiger charge is 2.23. The van der Waals surface area contributed by atoms with Gasteiger partial charge in [-0.25, -0.2) is 9.78 Å². The molecule has 2 aromatic carbocycles. The highest BCUT2D eigenvalue weighted by atomic mass is 35.5. The van der Waals surface area contributed by atoms with Crippen molar-refractivity contribution in [3.05, 3.63) is 76.8 Å². The summed E-state index contributed by atoms with van der Waals surface area (Å²) >= 11 is 6.58. The second-order valence-electron chi connectivity index (χ2n) is 8.73. The molecular weight excluding hydrogens is 424 g/mol. The van der Waals surface area contributed by atoms with Gasteiger partial charge in [0.2, 0.25) is 0 Å². The van der Waals surface area contributed by atoms with Crippen LogP contribution in [0.2, 0.25) is 5.02 Å². The second-order valence-corrected chi connectivity index (χ2v) is 9.13. The van der Waals surface area contributed by atoms with Crippen molar-refractivity contribution in [1.29, 1.82) is 0 Å². The van der Waals surface area contributed by atoms with Gasteiger partial charge < -0.3 is 20.4 Å². The van der Waals surface area contributed by atoms with E-state index in [1.165, 1.54) is 0 Å². The van der Waals surface area contributed by atoms with Gasteiger partial charge in [-0.3, -0.25) is 0 Å². The fourth-order valence-corrected chi connectivity index (χ4v) is 3.66. The van der Waals surface area contributed by atoms with Gasteiger partial charge in [-0.2, -0.15) is 0 Å². The smallest absolute Gasteiger partial charge is 0.410 e. The van der Waals surface area contributed by atoms with Crippen LogP contribution in [0.5, 0.6) is 0 Å². The number of rotatable bonds is 8. The highest BCUT2D eigenvalue weighted by Crippen LogP contribution is 2.29. The first-order chi connectivity index (χ1) is 15.2. The first-order valence-corrected chi connectivity index (χ1v) is 11.2. The van der Waals surface area contributed by atoms with Gasteiger partial charge in [0.25, 0.3) is 0 Å². The number of ether oxygens (including phenoxy) is 1. The Labute approximate surface area is 194 Å². The predicted molar refractivity (Wildman–Crippen MR) is 129 cm³/mol. The molecule has 0 bridgehead atoms. The van der Waals surface area contributed by atoms with Gasteiger partial charge in [0.1, 0.15) is 11.4 Å². The summed E-state index contributed by atoms with van der Waals surface area (Å²) in [5, 5.41) is 0.648. The number of carbonyl (C=O) groups excluding carboxylic acids is 1. The van der Waals surface area contributed by atoms with E-state index < -0.39 is 5.60 Å². The summed E-state index contributed by atoms with van der Waals surface area (Å²) in [7, 11) is 0. The minimum atomic E-state index is -0.580. The standard InChI is InChI=1S/C25H31ClN4O2/c1-25(2,3)32-24(31)30(14-12-23-28-16-20(29-23)11-13-27)17-18-9-10-21(22(26)15-18)19-7-5-4-6-8-19/h4-10,15-16H,11-14,17,27H2,1-3H3,(H,28,29). The van der Waals surface area contributed by atoms with Crippen molar-refractivity contribution in [2.45, 2.75) is 45.8 Å². The molecule has 0 aliphatic rings. The number of H-pyrrole nitrogens is 1. The lowest BCUT2D eigenvalue weighted by molar-refractivity contribution is 0.0235. The summed E-state index contributed by atoms with van der Waals surface area (Å²) in [6.07, 6.45) is 2.76. The van der Waals surface area contributed by atoms with Crippen LogP contribution in [-0.2, 0) is 24.1 Å². The molecule has 170 valence electrons. The Morgan fingerprint density at radius 3 is 2.56 bits per heavy atom. The van der Waals surface area contributed by atoms with Crippen LogP contribution in [0, 0.1) is 0 Å². The van der Waals surface area contributed by atoms with Crippen molar-refractivity contribution >= 4 is 17.7 Å². The van der Waals surface area contributed by atoms with Crippen LogP contribution in [0.3, 0.4) is 0 Å². The first kappa shape index (κ1) is 23.8. The lowest BCUT2D eigenvalue weighted by Gasteiger charge is -2.27. The fraction of sp³-hybridized carbons (Fsp3) is 0.360. The van der Waals surface area contributed by atoms with Gasteiger partial charge >= 0.3 is 6.09 Å². The number of amides is 1. The van der Waals surface area contributed by atoms with E-state index in [4.69, 9.17) is 22.1 Å². The third-order valence-electron chi connectivity index (χ3n) is 4.86. The third-order valence-corrected chi connectivity index (χ3v) is 5.17. The number of hydrogen-bond donors (Lipinski definition) is 2. The Morgan fingerprint density at radius 1 is 1.16 bits per heavy atom. The van der Waals surface area contributed by atoms with E-state index in [1.807, 2.05) is 69.3 Å². The quantitative estimate of drug-likeness (QED) is 0.489.